The molecule has 0 amide bonds. The predicted molar refractivity (Wildman–Crippen MR) is 104 cm³/mol. The highest BCUT2D eigenvalue weighted by Crippen LogP contribution is 2.38. The Hall–Kier alpha value is -1.31. The Morgan fingerprint density at radius 2 is 2.36 bits per heavy atom. The molecule has 0 bridgehead atoms. The molecule has 0 saturated carbocycles. The third kappa shape index (κ3) is 3.25. The average Bonchev–Trinajstić information content (AvgIpc) is 3.10. The van der Waals surface area contributed by atoms with Gasteiger partial charge in [-0.15, -0.1) is 0 Å². The van der Waals surface area contributed by atoms with E-state index < -0.39 is 0 Å². The quantitative estimate of drug-likeness (QED) is 0.818. The van der Waals surface area contributed by atoms with Crippen LogP contribution >= 0.6 is 22.9 Å². The number of anilines is 1. The lowest BCUT2D eigenvalue weighted by molar-refractivity contribution is -0.812. The molecule has 2 aliphatic rings. The van der Waals surface area contributed by atoms with E-state index >= 15 is 0 Å². The van der Waals surface area contributed by atoms with Crippen molar-refractivity contribution in [2.45, 2.75) is 25.4 Å². The molecule has 2 aliphatic heterocycles. The van der Waals surface area contributed by atoms with Gasteiger partial charge in [0.1, 0.15) is 6.54 Å². The summed E-state index contributed by atoms with van der Waals surface area (Å²) >= 11 is 7.59. The van der Waals surface area contributed by atoms with Gasteiger partial charge in [0.25, 0.3) is 6.02 Å². The number of nitrogens with one attached hydrogen (secondary N) is 1. The van der Waals surface area contributed by atoms with Crippen LogP contribution in [0.2, 0.25) is 5.02 Å². The second kappa shape index (κ2) is 6.14. The summed E-state index contributed by atoms with van der Waals surface area (Å²) in [6, 6.07) is 6.23. The molecule has 1 saturated heterocycles. The summed E-state index contributed by atoms with van der Waals surface area (Å²) in [4.78, 5) is 9.20. The molecule has 5 nitrogen and oxygen atoms in total. The smallest absolute Gasteiger partial charge is 0.450 e. The van der Waals surface area contributed by atoms with Gasteiger partial charge < -0.3 is 9.13 Å². The third-order valence-electron chi connectivity index (χ3n) is 5.21. The molecule has 1 aromatic heterocycles. The number of thiazole rings is 1. The molecule has 8 heteroatoms. The van der Waals surface area contributed by atoms with Crippen LogP contribution in [0.1, 0.15) is 19.8 Å². The zero-order chi connectivity index (χ0) is 17.7. The Morgan fingerprint density at radius 1 is 1.52 bits per heavy atom. The lowest BCUT2D eigenvalue weighted by Crippen LogP contribution is -2.62. The molecule has 2 aromatic rings. The first-order chi connectivity index (χ1) is 11.9. The number of aliphatic imine (C=N–C) groups is 1. The summed E-state index contributed by atoms with van der Waals surface area (Å²) in [5, 5.41) is 4.72. The zero-order valence-corrected chi connectivity index (χ0v) is 16.0. The summed E-state index contributed by atoms with van der Waals surface area (Å²) in [6.07, 6.45) is 2.13. The maximum Gasteiger partial charge on any atom is 0.481 e. The molecule has 1 fully saturated rings. The number of likely N-dealkylation sites (N-methyl/N-ethyl adjacent to an activating group) is 1. The number of amidine groups is 1. The Balaban J connectivity index is 1.52. The molecule has 130 valence electrons. The molecule has 3 atom stereocenters. The van der Waals surface area contributed by atoms with E-state index in [1.54, 1.807) is 11.3 Å². The first-order valence-corrected chi connectivity index (χ1v) is 9.78. The number of nitrogens with zero attached hydrogens (tertiary/aromatic N) is 3. The van der Waals surface area contributed by atoms with Gasteiger partial charge >= 0.3 is 7.98 Å². The van der Waals surface area contributed by atoms with Crippen molar-refractivity contribution in [1.29, 1.82) is 0 Å². The fourth-order valence-electron chi connectivity index (χ4n) is 3.98. The van der Waals surface area contributed by atoms with Crippen LogP contribution in [0.15, 0.2) is 23.2 Å². The van der Waals surface area contributed by atoms with Crippen LogP contribution in [0.5, 0.6) is 0 Å². The summed E-state index contributed by atoms with van der Waals surface area (Å²) < 4.78 is 7.86. The predicted octanol–water partition coefficient (Wildman–Crippen LogP) is 3.45. The van der Waals surface area contributed by atoms with Gasteiger partial charge in [-0.2, -0.15) is 0 Å². The minimum Gasteiger partial charge on any atom is -0.450 e. The summed E-state index contributed by atoms with van der Waals surface area (Å²) in [6.45, 7) is 4.61. The lowest BCUT2D eigenvalue weighted by atomic mass is 9.77. The van der Waals surface area contributed by atoms with E-state index in [2.05, 4.69) is 29.3 Å². The van der Waals surface area contributed by atoms with E-state index in [-0.39, 0.29) is 5.60 Å². The maximum absolute atomic E-state index is 6.38. The molecule has 3 unspecified atom stereocenters. The number of likely N-dealkylation sites (tertiary alicyclic amines) is 1. The highest BCUT2D eigenvalue weighted by atomic mass is 35.5. The van der Waals surface area contributed by atoms with Gasteiger partial charge in [0.05, 0.1) is 23.3 Å². The minimum absolute atomic E-state index is 0.307. The van der Waals surface area contributed by atoms with Crippen LogP contribution in [0.4, 0.5) is 5.13 Å². The van der Waals surface area contributed by atoms with Gasteiger partial charge in [0.15, 0.2) is 10.7 Å². The summed E-state index contributed by atoms with van der Waals surface area (Å²) in [5.74, 6) is 0.472. The molecule has 4 rings (SSSR count). The topological polar surface area (TPSA) is 46.5 Å². The van der Waals surface area contributed by atoms with Crippen LogP contribution in [0.25, 0.3) is 10.2 Å². The number of halogens is 1. The fraction of sp³-hybridized carbons (Fsp3) is 0.529. The molecule has 1 N–H and O–H groups in total. The number of hydrogen-bond acceptors (Lipinski definition) is 5. The van der Waals surface area contributed by atoms with E-state index in [0.717, 1.165) is 41.3 Å². The minimum atomic E-state index is -0.307. The van der Waals surface area contributed by atoms with Crippen molar-refractivity contribution in [2.24, 2.45) is 10.9 Å². The van der Waals surface area contributed by atoms with E-state index in [0.29, 0.717) is 27.9 Å². The number of rotatable bonds is 2. The monoisotopic (exact) mass is 375 g/mol. The Morgan fingerprint density at radius 3 is 3.16 bits per heavy atom. The molecule has 2 radical (unpaired) electrons. The zero-order valence-electron chi connectivity index (χ0n) is 14.5. The average molecular weight is 376 g/mol. The van der Waals surface area contributed by atoms with Gasteiger partial charge in [-0.3, -0.25) is 5.32 Å². The van der Waals surface area contributed by atoms with E-state index in [4.69, 9.17) is 24.3 Å². The number of fused-ring (bicyclic) bond motifs is 1. The molecule has 25 heavy (non-hydrogen) atoms. The van der Waals surface area contributed by atoms with Crippen molar-refractivity contribution in [1.82, 2.24) is 4.98 Å². The first-order valence-electron chi connectivity index (χ1n) is 8.59. The van der Waals surface area contributed by atoms with Crippen molar-refractivity contribution < 1.29 is 9.13 Å². The van der Waals surface area contributed by atoms with Crippen LogP contribution in [-0.4, -0.2) is 55.7 Å². The van der Waals surface area contributed by atoms with Gasteiger partial charge in [0, 0.05) is 24.4 Å². The van der Waals surface area contributed by atoms with Crippen molar-refractivity contribution >= 4 is 52.3 Å². The van der Waals surface area contributed by atoms with Crippen LogP contribution < -0.4 is 5.32 Å². The number of hydrogen-bond donors (Lipinski definition) is 1. The Labute approximate surface area is 158 Å². The number of quaternary nitrogens is 1. The normalized spacial score (nSPS) is 32.0. The molecule has 3 heterocycles. The fourth-order valence-corrected chi connectivity index (χ4v) is 5.11. The highest BCUT2D eigenvalue weighted by molar-refractivity contribution is 7.22. The number of aromatic nitrogens is 1. The Bertz CT molecular complexity index is 839. The number of piperidine rings is 1. The van der Waals surface area contributed by atoms with Crippen LogP contribution in [-0.2, 0) is 4.74 Å². The SMILES string of the molecule is [B][N+]1(C)CCC(CC)C2(CN=C(Nc3nc4ccc(Cl)cc4s3)O2)C1. The van der Waals surface area contributed by atoms with E-state index in [1.165, 1.54) is 0 Å². The Kier molecular flexibility index (Phi) is 4.21. The van der Waals surface area contributed by atoms with Crippen molar-refractivity contribution in [2.75, 3.05) is 32.0 Å². The second-order valence-electron chi connectivity index (χ2n) is 7.30. The van der Waals surface area contributed by atoms with Gasteiger partial charge in [-0.1, -0.05) is 29.9 Å². The van der Waals surface area contributed by atoms with Gasteiger partial charge in [0.2, 0.25) is 0 Å². The van der Waals surface area contributed by atoms with Crippen molar-refractivity contribution in [3.05, 3.63) is 23.2 Å². The maximum atomic E-state index is 6.38. The summed E-state index contributed by atoms with van der Waals surface area (Å²) in [7, 11) is 8.43. The van der Waals surface area contributed by atoms with Crippen LogP contribution in [0, 0.1) is 5.92 Å². The molecule has 0 aliphatic carbocycles. The van der Waals surface area contributed by atoms with E-state index in [1.807, 2.05) is 18.2 Å². The number of ether oxygens (including phenoxy) is 1. The summed E-state index contributed by atoms with van der Waals surface area (Å²) in [5.41, 5.74) is 0.610. The lowest BCUT2D eigenvalue weighted by Gasteiger charge is -2.48. The van der Waals surface area contributed by atoms with Crippen molar-refractivity contribution in [3.8, 4) is 0 Å². The second-order valence-corrected chi connectivity index (χ2v) is 8.77. The molecular weight excluding hydrogens is 355 g/mol. The first kappa shape index (κ1) is 17.1. The molecular formula is C17H21BClN4OS+. The standard InChI is InChI=1S/C17H21BClN4OS/c1-3-11-6-7-23(2,18)10-17(11)9-20-15(24-17)22-16-21-13-5-4-12(19)8-14(13)25-16/h4-5,8,11H,3,6-7,9-10H2,1-2H3,(H,20,21,22)/q+1. The van der Waals surface area contributed by atoms with Gasteiger partial charge in [-0.05, 0) is 24.6 Å². The third-order valence-corrected chi connectivity index (χ3v) is 6.38. The molecule has 1 spiro atoms. The molecule has 1 aromatic carbocycles. The largest absolute Gasteiger partial charge is 0.481 e. The van der Waals surface area contributed by atoms with Crippen LogP contribution in [0.3, 0.4) is 0 Å². The number of benzene rings is 1. The van der Waals surface area contributed by atoms with Gasteiger partial charge in [-0.25, -0.2) is 9.98 Å². The highest BCUT2D eigenvalue weighted by Gasteiger charge is 2.52. The van der Waals surface area contributed by atoms with Crippen molar-refractivity contribution in [3.63, 3.8) is 0 Å². The van der Waals surface area contributed by atoms with E-state index in [9.17, 15) is 0 Å².